The van der Waals surface area contributed by atoms with E-state index in [2.05, 4.69) is 6.92 Å². The number of quaternary nitrogens is 1. The van der Waals surface area contributed by atoms with Gasteiger partial charge in [-0.25, -0.2) is 8.42 Å². The van der Waals surface area contributed by atoms with Gasteiger partial charge < -0.3 is 9.80 Å². The number of sulfonamides is 1. The lowest BCUT2D eigenvalue weighted by atomic mass is 9.99. The second-order valence-corrected chi connectivity index (χ2v) is 10.3. The van der Waals surface area contributed by atoms with Crippen molar-refractivity contribution in [3.8, 4) is 0 Å². The van der Waals surface area contributed by atoms with E-state index in [0.717, 1.165) is 29.8 Å². The number of carbonyl (C=O) groups excluding carboxylic acids is 1. The van der Waals surface area contributed by atoms with Crippen LogP contribution in [-0.4, -0.2) is 69.3 Å². The van der Waals surface area contributed by atoms with Crippen LogP contribution in [0.25, 0.3) is 10.8 Å². The number of nitrogens with zero attached hydrogens (tertiary/aromatic N) is 2. The van der Waals surface area contributed by atoms with Crippen LogP contribution in [0.2, 0.25) is 0 Å². The normalized spacial score (nSPS) is 24.0. The molecule has 0 bridgehead atoms. The van der Waals surface area contributed by atoms with Gasteiger partial charge in [-0.05, 0) is 41.7 Å². The van der Waals surface area contributed by atoms with Gasteiger partial charge in [0, 0.05) is 26.2 Å². The van der Waals surface area contributed by atoms with Crippen molar-refractivity contribution < 1.29 is 18.1 Å². The maximum Gasteiger partial charge on any atom is 0.277 e. The van der Waals surface area contributed by atoms with Crippen LogP contribution in [0.1, 0.15) is 19.8 Å². The summed E-state index contributed by atoms with van der Waals surface area (Å²) in [5, 5.41) is 1.94. The van der Waals surface area contributed by atoms with Crippen LogP contribution in [0.5, 0.6) is 0 Å². The van der Waals surface area contributed by atoms with Crippen molar-refractivity contribution >= 4 is 26.7 Å². The van der Waals surface area contributed by atoms with E-state index in [-0.39, 0.29) is 5.91 Å². The Bertz CT molecular complexity index is 976. The lowest BCUT2D eigenvalue weighted by Gasteiger charge is -2.35. The molecule has 2 aliphatic heterocycles. The Morgan fingerprint density at radius 3 is 2.34 bits per heavy atom. The minimum absolute atomic E-state index is 0.150. The number of rotatable bonds is 4. The monoisotopic (exact) mass is 416 g/mol. The summed E-state index contributed by atoms with van der Waals surface area (Å²) in [7, 11) is -3.55. The molecule has 0 aliphatic carbocycles. The Balaban J connectivity index is 1.37. The second-order valence-electron chi connectivity index (χ2n) is 8.40. The highest BCUT2D eigenvalue weighted by Crippen LogP contribution is 2.22. The Labute approximate surface area is 173 Å². The molecule has 0 aromatic heterocycles. The van der Waals surface area contributed by atoms with Crippen molar-refractivity contribution in [3.05, 3.63) is 42.5 Å². The standard InChI is InChI=1S/C22H29N3O3S/c1-18-8-10-23(11-9-18)17-22(26)24-12-14-25(15-13-24)29(27,28)21-7-6-19-4-2-3-5-20(19)16-21/h2-7,16,18H,8-15,17H2,1H3/p+1. The first-order valence-electron chi connectivity index (χ1n) is 10.5. The molecule has 0 radical (unpaired) electrons. The average molecular weight is 417 g/mol. The smallest absolute Gasteiger partial charge is 0.277 e. The van der Waals surface area contributed by atoms with Gasteiger partial charge in [-0.2, -0.15) is 4.31 Å². The Morgan fingerprint density at radius 1 is 1.00 bits per heavy atom. The van der Waals surface area contributed by atoms with Crippen molar-refractivity contribution in [1.29, 1.82) is 0 Å². The van der Waals surface area contributed by atoms with E-state index in [9.17, 15) is 13.2 Å². The van der Waals surface area contributed by atoms with Crippen molar-refractivity contribution in [2.45, 2.75) is 24.7 Å². The quantitative estimate of drug-likeness (QED) is 0.809. The molecule has 6 nitrogen and oxygen atoms in total. The van der Waals surface area contributed by atoms with Gasteiger partial charge in [0.15, 0.2) is 6.54 Å². The summed E-state index contributed by atoms with van der Waals surface area (Å²) in [5.74, 6) is 0.912. The van der Waals surface area contributed by atoms with Crippen molar-refractivity contribution in [1.82, 2.24) is 9.21 Å². The third-order valence-electron chi connectivity index (χ3n) is 6.33. The van der Waals surface area contributed by atoms with Crippen molar-refractivity contribution in [2.24, 2.45) is 5.92 Å². The first kappa shape index (κ1) is 20.3. The molecule has 7 heteroatoms. The minimum atomic E-state index is -3.55. The van der Waals surface area contributed by atoms with E-state index >= 15 is 0 Å². The Hall–Kier alpha value is -1.96. The molecule has 4 rings (SSSR count). The van der Waals surface area contributed by atoms with E-state index < -0.39 is 10.0 Å². The molecule has 1 amide bonds. The summed E-state index contributed by atoms with van der Waals surface area (Å²) in [5.41, 5.74) is 0. The van der Waals surface area contributed by atoms with E-state index in [1.165, 1.54) is 22.0 Å². The lowest BCUT2D eigenvalue weighted by Crippen LogP contribution is -3.14. The number of hydrogen-bond acceptors (Lipinski definition) is 3. The molecular formula is C22H30N3O3S+. The van der Waals surface area contributed by atoms with Gasteiger partial charge in [0.25, 0.3) is 5.91 Å². The summed E-state index contributed by atoms with van der Waals surface area (Å²) >= 11 is 0. The SMILES string of the molecule is CC1CC[NH+](CC(=O)N2CCN(S(=O)(=O)c3ccc4ccccc4c3)CC2)CC1. The molecule has 2 aliphatic rings. The molecule has 29 heavy (non-hydrogen) atoms. The highest BCUT2D eigenvalue weighted by Gasteiger charge is 2.31. The van der Waals surface area contributed by atoms with Crippen molar-refractivity contribution in [3.63, 3.8) is 0 Å². The number of amides is 1. The molecule has 2 fully saturated rings. The van der Waals surface area contributed by atoms with Gasteiger partial charge in [0.1, 0.15) is 0 Å². The summed E-state index contributed by atoms with van der Waals surface area (Å²) in [6.45, 7) is 6.57. The largest absolute Gasteiger partial charge is 0.335 e. The molecule has 156 valence electrons. The molecule has 0 spiro atoms. The fraction of sp³-hybridized carbons (Fsp3) is 0.500. The zero-order valence-corrected chi connectivity index (χ0v) is 17.8. The molecule has 0 atom stereocenters. The maximum absolute atomic E-state index is 13.1. The maximum atomic E-state index is 13.1. The van der Waals surface area contributed by atoms with Crippen LogP contribution in [0, 0.1) is 5.92 Å². The predicted molar refractivity (Wildman–Crippen MR) is 113 cm³/mol. The number of fused-ring (bicyclic) bond motifs is 1. The third-order valence-corrected chi connectivity index (χ3v) is 8.23. The van der Waals surface area contributed by atoms with Gasteiger partial charge in [-0.3, -0.25) is 4.79 Å². The van der Waals surface area contributed by atoms with Crippen LogP contribution < -0.4 is 4.90 Å². The van der Waals surface area contributed by atoms with Gasteiger partial charge >= 0.3 is 0 Å². The van der Waals surface area contributed by atoms with Crippen LogP contribution in [0.15, 0.2) is 47.4 Å². The summed E-state index contributed by atoms with van der Waals surface area (Å²) in [4.78, 5) is 16.2. The molecule has 0 saturated carbocycles. The molecule has 1 N–H and O–H groups in total. The van der Waals surface area contributed by atoms with Crippen LogP contribution >= 0.6 is 0 Å². The summed E-state index contributed by atoms with van der Waals surface area (Å²) in [6, 6.07) is 13.0. The van der Waals surface area contributed by atoms with E-state index in [4.69, 9.17) is 0 Å². The minimum Gasteiger partial charge on any atom is -0.335 e. The number of hydrogen-bond donors (Lipinski definition) is 1. The number of nitrogens with one attached hydrogen (secondary N) is 1. The number of likely N-dealkylation sites (tertiary alicyclic amines) is 1. The van der Waals surface area contributed by atoms with E-state index in [1.807, 2.05) is 35.2 Å². The fourth-order valence-electron chi connectivity index (χ4n) is 4.33. The third kappa shape index (κ3) is 4.47. The van der Waals surface area contributed by atoms with Crippen LogP contribution in [-0.2, 0) is 14.8 Å². The van der Waals surface area contributed by atoms with Crippen molar-refractivity contribution in [2.75, 3.05) is 45.8 Å². The van der Waals surface area contributed by atoms with Gasteiger partial charge in [0.2, 0.25) is 10.0 Å². The Morgan fingerprint density at radius 2 is 1.66 bits per heavy atom. The Kier molecular flexibility index (Phi) is 5.90. The highest BCUT2D eigenvalue weighted by molar-refractivity contribution is 7.89. The zero-order chi connectivity index (χ0) is 20.4. The molecule has 2 saturated heterocycles. The zero-order valence-electron chi connectivity index (χ0n) is 17.0. The molecule has 2 aromatic rings. The molecule has 2 aromatic carbocycles. The lowest BCUT2D eigenvalue weighted by molar-refractivity contribution is -0.898. The first-order chi connectivity index (χ1) is 13.9. The van der Waals surface area contributed by atoms with E-state index in [1.54, 1.807) is 12.1 Å². The van der Waals surface area contributed by atoms with Gasteiger partial charge in [-0.1, -0.05) is 37.3 Å². The topological polar surface area (TPSA) is 62.1 Å². The number of piperazine rings is 1. The molecule has 0 unspecified atom stereocenters. The average Bonchev–Trinajstić information content (AvgIpc) is 2.75. The number of piperidine rings is 1. The predicted octanol–water partition coefficient (Wildman–Crippen LogP) is 0.988. The fourth-order valence-corrected chi connectivity index (χ4v) is 5.79. The summed E-state index contributed by atoms with van der Waals surface area (Å²) in [6.07, 6.45) is 2.36. The first-order valence-corrected chi connectivity index (χ1v) is 12.0. The van der Waals surface area contributed by atoms with Crippen LogP contribution in [0.4, 0.5) is 0 Å². The van der Waals surface area contributed by atoms with Gasteiger partial charge in [0.05, 0.1) is 18.0 Å². The van der Waals surface area contributed by atoms with Crippen LogP contribution in [0.3, 0.4) is 0 Å². The number of benzene rings is 2. The molecular weight excluding hydrogens is 386 g/mol. The highest BCUT2D eigenvalue weighted by atomic mass is 32.2. The summed E-state index contributed by atoms with van der Waals surface area (Å²) < 4.78 is 27.7. The van der Waals surface area contributed by atoms with E-state index in [0.29, 0.717) is 37.6 Å². The number of carbonyl (C=O) groups is 1. The second kappa shape index (κ2) is 8.42. The molecule has 2 heterocycles. The van der Waals surface area contributed by atoms with Gasteiger partial charge in [-0.15, -0.1) is 0 Å².